The number of hydrogen-bond acceptors (Lipinski definition) is 8. The van der Waals surface area contributed by atoms with Gasteiger partial charge in [-0.25, -0.2) is 4.98 Å². The van der Waals surface area contributed by atoms with E-state index >= 15 is 0 Å². The first-order valence-corrected chi connectivity index (χ1v) is 8.88. The number of fused-ring (bicyclic) bond motifs is 2. The predicted molar refractivity (Wildman–Crippen MR) is 107 cm³/mol. The second kappa shape index (κ2) is 7.30. The summed E-state index contributed by atoms with van der Waals surface area (Å²) < 4.78 is 22.5. The van der Waals surface area contributed by atoms with Gasteiger partial charge in [-0.3, -0.25) is 0 Å². The molecule has 1 atom stereocenters. The number of methoxy groups -OCH3 is 2. The molecule has 146 valence electrons. The van der Waals surface area contributed by atoms with Crippen LogP contribution in [0.5, 0.6) is 23.0 Å². The smallest absolute Gasteiger partial charge is 0.227 e. The Balaban J connectivity index is 1.58. The van der Waals surface area contributed by atoms with Gasteiger partial charge in [0, 0.05) is 18.5 Å². The lowest BCUT2D eigenvalue weighted by molar-refractivity contribution is 0.0958. The van der Waals surface area contributed by atoms with E-state index in [0.717, 1.165) is 11.5 Å². The summed E-state index contributed by atoms with van der Waals surface area (Å²) in [5, 5.41) is 0.709. The van der Waals surface area contributed by atoms with Gasteiger partial charge in [0.2, 0.25) is 5.95 Å². The SMILES string of the molecule is COc1cc2nc(N(C)CC3COc4ccccc4O3)nc(N)c2cc1OC. The number of nitrogen functional groups attached to an aromatic ring is 1. The maximum absolute atomic E-state index is 6.18. The fourth-order valence-corrected chi connectivity index (χ4v) is 3.18. The van der Waals surface area contributed by atoms with Crippen LogP contribution in [0.1, 0.15) is 0 Å². The first-order valence-electron chi connectivity index (χ1n) is 8.88. The summed E-state index contributed by atoms with van der Waals surface area (Å²) in [4.78, 5) is 11.0. The quantitative estimate of drug-likeness (QED) is 0.720. The van der Waals surface area contributed by atoms with E-state index in [0.29, 0.717) is 47.3 Å². The molecule has 0 radical (unpaired) electrons. The molecule has 1 unspecified atom stereocenters. The van der Waals surface area contributed by atoms with Crippen molar-refractivity contribution < 1.29 is 18.9 Å². The highest BCUT2D eigenvalue weighted by Crippen LogP contribution is 2.34. The van der Waals surface area contributed by atoms with Gasteiger partial charge in [0.1, 0.15) is 12.4 Å². The predicted octanol–water partition coefficient (Wildman–Crippen LogP) is 2.51. The van der Waals surface area contributed by atoms with Crippen molar-refractivity contribution in [2.24, 2.45) is 0 Å². The highest BCUT2D eigenvalue weighted by atomic mass is 16.6. The normalized spacial score (nSPS) is 15.3. The number of likely N-dealkylation sites (N-methyl/N-ethyl adjacent to an activating group) is 1. The van der Waals surface area contributed by atoms with Gasteiger partial charge in [-0.2, -0.15) is 4.98 Å². The maximum atomic E-state index is 6.18. The summed E-state index contributed by atoms with van der Waals surface area (Å²) in [6.07, 6.45) is -0.147. The zero-order chi connectivity index (χ0) is 19.7. The Labute approximate surface area is 162 Å². The van der Waals surface area contributed by atoms with Crippen molar-refractivity contribution >= 4 is 22.7 Å². The Morgan fingerprint density at radius 3 is 2.57 bits per heavy atom. The van der Waals surface area contributed by atoms with Gasteiger partial charge in [0.15, 0.2) is 29.1 Å². The molecule has 0 saturated carbocycles. The van der Waals surface area contributed by atoms with E-state index in [1.165, 1.54) is 0 Å². The number of hydrogen-bond donors (Lipinski definition) is 1. The van der Waals surface area contributed by atoms with Crippen LogP contribution in [0.4, 0.5) is 11.8 Å². The monoisotopic (exact) mass is 382 g/mol. The average molecular weight is 382 g/mol. The Hall–Kier alpha value is -3.42. The second-order valence-electron chi connectivity index (χ2n) is 6.51. The summed E-state index contributed by atoms with van der Waals surface area (Å²) in [7, 11) is 5.05. The number of aromatic nitrogens is 2. The van der Waals surface area contributed by atoms with E-state index in [1.807, 2.05) is 36.2 Å². The van der Waals surface area contributed by atoms with Gasteiger partial charge in [-0.05, 0) is 18.2 Å². The fraction of sp³-hybridized carbons (Fsp3) is 0.300. The molecule has 28 heavy (non-hydrogen) atoms. The molecule has 2 heterocycles. The molecular formula is C20H22N4O4. The summed E-state index contributed by atoms with van der Waals surface area (Å²) >= 11 is 0. The summed E-state index contributed by atoms with van der Waals surface area (Å²) in [6.45, 7) is 1.00. The van der Waals surface area contributed by atoms with Crippen molar-refractivity contribution in [2.75, 3.05) is 45.1 Å². The average Bonchev–Trinajstić information content (AvgIpc) is 2.72. The van der Waals surface area contributed by atoms with Gasteiger partial charge in [-0.1, -0.05) is 12.1 Å². The van der Waals surface area contributed by atoms with Crippen molar-refractivity contribution in [1.29, 1.82) is 0 Å². The molecule has 4 rings (SSSR count). The van der Waals surface area contributed by atoms with Crippen LogP contribution < -0.4 is 29.6 Å². The van der Waals surface area contributed by atoms with Crippen LogP contribution in [0, 0.1) is 0 Å². The highest BCUT2D eigenvalue weighted by Gasteiger charge is 2.23. The maximum Gasteiger partial charge on any atom is 0.227 e. The molecule has 8 nitrogen and oxygen atoms in total. The molecule has 3 aromatic rings. The topological polar surface area (TPSA) is 92.0 Å². The Kier molecular flexibility index (Phi) is 4.68. The van der Waals surface area contributed by atoms with Crippen LogP contribution >= 0.6 is 0 Å². The number of para-hydroxylation sites is 2. The summed E-state index contributed by atoms with van der Waals surface area (Å²) in [5.74, 6) is 3.54. The molecule has 1 aliphatic heterocycles. The number of rotatable bonds is 5. The minimum absolute atomic E-state index is 0.147. The largest absolute Gasteiger partial charge is 0.493 e. The molecule has 0 saturated heterocycles. The van der Waals surface area contributed by atoms with Gasteiger partial charge in [0.25, 0.3) is 0 Å². The van der Waals surface area contributed by atoms with Gasteiger partial charge in [-0.15, -0.1) is 0 Å². The van der Waals surface area contributed by atoms with E-state index in [4.69, 9.17) is 24.7 Å². The number of ether oxygens (including phenoxy) is 4. The third-order valence-corrected chi connectivity index (χ3v) is 4.61. The van der Waals surface area contributed by atoms with Gasteiger partial charge in [0.05, 0.1) is 26.3 Å². The lowest BCUT2D eigenvalue weighted by Gasteiger charge is -2.29. The zero-order valence-electron chi connectivity index (χ0n) is 16.0. The van der Waals surface area contributed by atoms with Gasteiger partial charge < -0.3 is 29.6 Å². The first kappa shape index (κ1) is 18.0. The molecule has 2 aromatic carbocycles. The molecule has 2 N–H and O–H groups in total. The van der Waals surface area contributed by atoms with Crippen molar-refractivity contribution in [2.45, 2.75) is 6.10 Å². The lowest BCUT2D eigenvalue weighted by atomic mass is 10.2. The number of benzene rings is 2. The van der Waals surface area contributed by atoms with E-state index in [-0.39, 0.29) is 6.10 Å². The Bertz CT molecular complexity index is 1010. The van der Waals surface area contributed by atoms with E-state index in [9.17, 15) is 0 Å². The molecule has 1 aliphatic rings. The minimum atomic E-state index is -0.147. The van der Waals surface area contributed by atoms with E-state index in [2.05, 4.69) is 9.97 Å². The van der Waals surface area contributed by atoms with Crippen LogP contribution in [-0.2, 0) is 0 Å². The molecule has 0 spiro atoms. The van der Waals surface area contributed by atoms with E-state index < -0.39 is 0 Å². The zero-order valence-corrected chi connectivity index (χ0v) is 16.0. The molecular weight excluding hydrogens is 360 g/mol. The lowest BCUT2D eigenvalue weighted by Crippen LogP contribution is -2.40. The number of nitrogens with two attached hydrogens (primary N) is 1. The van der Waals surface area contributed by atoms with Crippen LogP contribution in [0.15, 0.2) is 36.4 Å². The Morgan fingerprint density at radius 2 is 1.82 bits per heavy atom. The van der Waals surface area contributed by atoms with Crippen LogP contribution in [0.2, 0.25) is 0 Å². The third-order valence-electron chi connectivity index (χ3n) is 4.61. The highest BCUT2D eigenvalue weighted by molar-refractivity contribution is 5.91. The number of anilines is 2. The fourth-order valence-electron chi connectivity index (χ4n) is 3.18. The van der Waals surface area contributed by atoms with Crippen LogP contribution in [0.3, 0.4) is 0 Å². The summed E-state index contributed by atoms with van der Waals surface area (Å²) in [5.41, 5.74) is 6.86. The van der Waals surface area contributed by atoms with Crippen molar-refractivity contribution in [1.82, 2.24) is 9.97 Å². The first-order chi connectivity index (χ1) is 13.6. The van der Waals surface area contributed by atoms with Crippen molar-refractivity contribution in [3.05, 3.63) is 36.4 Å². The van der Waals surface area contributed by atoms with Crippen molar-refractivity contribution in [3.8, 4) is 23.0 Å². The summed E-state index contributed by atoms with van der Waals surface area (Å²) in [6, 6.07) is 11.2. The second-order valence-corrected chi connectivity index (χ2v) is 6.51. The van der Waals surface area contributed by atoms with Gasteiger partial charge >= 0.3 is 0 Å². The molecule has 8 heteroatoms. The molecule has 0 fully saturated rings. The molecule has 0 aliphatic carbocycles. The van der Waals surface area contributed by atoms with E-state index in [1.54, 1.807) is 26.4 Å². The molecule has 1 aromatic heterocycles. The third kappa shape index (κ3) is 3.28. The molecule has 0 amide bonds. The number of nitrogens with zero attached hydrogens (tertiary/aromatic N) is 3. The minimum Gasteiger partial charge on any atom is -0.493 e. The van der Waals surface area contributed by atoms with Crippen LogP contribution in [0.25, 0.3) is 10.9 Å². The molecule has 0 bridgehead atoms. The van der Waals surface area contributed by atoms with Crippen LogP contribution in [-0.4, -0.2) is 50.5 Å². The van der Waals surface area contributed by atoms with Crippen molar-refractivity contribution in [3.63, 3.8) is 0 Å². The Morgan fingerprint density at radius 1 is 1.11 bits per heavy atom. The standard InChI is InChI=1S/C20H22N4O4/c1-24(10-12-11-27-15-6-4-5-7-16(15)28-12)20-22-14-9-18(26-3)17(25-2)8-13(14)19(21)23-20/h4-9,12H,10-11H2,1-3H3,(H2,21,22,23).